The van der Waals surface area contributed by atoms with Crippen molar-refractivity contribution in [1.82, 2.24) is 15.0 Å². The maximum atomic E-state index is 13.4. The average molecular weight is 481 g/mol. The molecule has 0 bridgehead atoms. The van der Waals surface area contributed by atoms with Crippen molar-refractivity contribution in [2.24, 2.45) is 0 Å². The second kappa shape index (κ2) is 9.45. The summed E-state index contributed by atoms with van der Waals surface area (Å²) in [5.74, 6) is 3.06. The second-order valence-electron chi connectivity index (χ2n) is 9.39. The van der Waals surface area contributed by atoms with Crippen LogP contribution in [-0.2, 0) is 6.42 Å². The van der Waals surface area contributed by atoms with E-state index in [1.54, 1.807) is 6.26 Å². The molecule has 182 valence electrons. The van der Waals surface area contributed by atoms with Crippen LogP contribution in [0.3, 0.4) is 0 Å². The van der Waals surface area contributed by atoms with Crippen LogP contribution in [0.1, 0.15) is 39.7 Å². The van der Waals surface area contributed by atoms with Crippen LogP contribution in [0.25, 0.3) is 0 Å². The minimum absolute atomic E-state index is 0.0176. The summed E-state index contributed by atoms with van der Waals surface area (Å²) in [4.78, 5) is 32.1. The number of aromatic nitrogens is 3. The molecule has 1 saturated heterocycles. The van der Waals surface area contributed by atoms with Gasteiger partial charge in [-0.15, -0.1) is 0 Å². The number of fused-ring (bicyclic) bond motifs is 1. The number of aryl methyl sites for hydroxylation is 1. The van der Waals surface area contributed by atoms with Gasteiger partial charge in [0.05, 0.1) is 17.5 Å². The van der Waals surface area contributed by atoms with Gasteiger partial charge < -0.3 is 19.5 Å². The number of furan rings is 1. The van der Waals surface area contributed by atoms with Gasteiger partial charge in [-0.3, -0.25) is 4.79 Å². The zero-order chi connectivity index (χ0) is 24.5. The Morgan fingerprint density at radius 2 is 1.72 bits per heavy atom. The first-order valence-electron chi connectivity index (χ1n) is 12.4. The molecule has 0 amide bonds. The van der Waals surface area contributed by atoms with Crippen LogP contribution in [0, 0.1) is 6.92 Å². The standard InChI is InChI=1S/C28H28N6O2/c1-19-7-9-21(10-8-19)30-27-26-22(17-20(18-23(26)35)24-5-4-16-36-24)31-28(32-27)34-14-12-33(13-15-34)25-6-2-3-11-29-25/h2-11,16,20H,12-15,17-18H2,1H3,(H,30,31,32). The highest BCUT2D eigenvalue weighted by Gasteiger charge is 2.33. The van der Waals surface area contributed by atoms with Crippen LogP contribution in [-0.4, -0.2) is 46.9 Å². The van der Waals surface area contributed by atoms with E-state index in [-0.39, 0.29) is 11.7 Å². The molecular formula is C28H28N6O2. The number of ketones is 1. The van der Waals surface area contributed by atoms with Crippen LogP contribution in [0.4, 0.5) is 23.3 Å². The molecule has 1 aliphatic heterocycles. The molecule has 1 atom stereocenters. The third kappa shape index (κ3) is 4.42. The molecule has 1 aliphatic carbocycles. The van der Waals surface area contributed by atoms with E-state index >= 15 is 0 Å². The van der Waals surface area contributed by atoms with Crippen molar-refractivity contribution in [3.8, 4) is 0 Å². The Labute approximate surface area is 210 Å². The molecule has 1 N–H and O–H groups in total. The largest absolute Gasteiger partial charge is 0.469 e. The van der Waals surface area contributed by atoms with Gasteiger partial charge in [-0.2, -0.15) is 4.98 Å². The Hall–Kier alpha value is -4.20. The summed E-state index contributed by atoms with van der Waals surface area (Å²) in [6, 6.07) is 17.9. The average Bonchev–Trinajstić information content (AvgIpc) is 3.45. The van der Waals surface area contributed by atoms with Crippen molar-refractivity contribution in [3.63, 3.8) is 0 Å². The van der Waals surface area contributed by atoms with Gasteiger partial charge in [-0.05, 0) is 43.3 Å². The maximum Gasteiger partial charge on any atom is 0.227 e. The summed E-state index contributed by atoms with van der Waals surface area (Å²) in [6.07, 6.45) is 4.51. The molecule has 8 nitrogen and oxygen atoms in total. The van der Waals surface area contributed by atoms with Gasteiger partial charge >= 0.3 is 0 Å². The van der Waals surface area contributed by atoms with E-state index in [4.69, 9.17) is 14.4 Å². The van der Waals surface area contributed by atoms with Crippen molar-refractivity contribution >= 4 is 29.1 Å². The fourth-order valence-electron chi connectivity index (χ4n) is 4.97. The topological polar surface area (TPSA) is 87.4 Å². The summed E-state index contributed by atoms with van der Waals surface area (Å²) in [5, 5.41) is 3.41. The van der Waals surface area contributed by atoms with Crippen LogP contribution in [0.5, 0.6) is 0 Å². The van der Waals surface area contributed by atoms with Crippen molar-refractivity contribution in [3.05, 3.63) is 89.6 Å². The molecule has 36 heavy (non-hydrogen) atoms. The highest BCUT2D eigenvalue weighted by molar-refractivity contribution is 6.03. The van der Waals surface area contributed by atoms with Gasteiger partial charge in [0.2, 0.25) is 5.95 Å². The number of anilines is 4. The molecule has 0 radical (unpaired) electrons. The number of nitrogens with one attached hydrogen (secondary N) is 1. The quantitative estimate of drug-likeness (QED) is 0.438. The van der Waals surface area contributed by atoms with E-state index in [9.17, 15) is 4.79 Å². The molecule has 4 heterocycles. The van der Waals surface area contributed by atoms with Gasteiger partial charge in [-0.1, -0.05) is 23.8 Å². The summed E-state index contributed by atoms with van der Waals surface area (Å²) < 4.78 is 5.64. The lowest BCUT2D eigenvalue weighted by atomic mass is 9.84. The highest BCUT2D eigenvalue weighted by atomic mass is 16.3. The Bertz CT molecular complexity index is 1350. The SMILES string of the molecule is Cc1ccc(Nc2nc(N3CCN(c4ccccn4)CC3)nc3c2C(=O)CC(c2ccco2)C3)cc1. The van der Waals surface area contributed by atoms with Gasteiger partial charge in [-0.25, -0.2) is 9.97 Å². The summed E-state index contributed by atoms with van der Waals surface area (Å²) in [5.41, 5.74) is 3.44. The Kier molecular flexibility index (Phi) is 5.85. The van der Waals surface area contributed by atoms with Crippen molar-refractivity contribution < 1.29 is 9.21 Å². The molecular weight excluding hydrogens is 452 g/mol. The molecule has 6 rings (SSSR count). The molecule has 1 aromatic carbocycles. The Morgan fingerprint density at radius 3 is 2.44 bits per heavy atom. The van der Waals surface area contributed by atoms with Crippen LogP contribution < -0.4 is 15.1 Å². The lowest BCUT2D eigenvalue weighted by molar-refractivity contribution is 0.0959. The summed E-state index contributed by atoms with van der Waals surface area (Å²) >= 11 is 0. The smallest absolute Gasteiger partial charge is 0.227 e. The van der Waals surface area contributed by atoms with Crippen molar-refractivity contribution in [2.75, 3.05) is 41.3 Å². The normalized spacial score (nSPS) is 17.7. The molecule has 0 spiro atoms. The number of piperazine rings is 1. The van der Waals surface area contributed by atoms with Crippen LogP contribution >= 0.6 is 0 Å². The zero-order valence-electron chi connectivity index (χ0n) is 20.2. The predicted molar refractivity (Wildman–Crippen MR) is 139 cm³/mol. The third-order valence-electron chi connectivity index (χ3n) is 6.92. The first-order chi connectivity index (χ1) is 17.6. The van der Waals surface area contributed by atoms with Crippen LogP contribution in [0.2, 0.25) is 0 Å². The first-order valence-corrected chi connectivity index (χ1v) is 12.4. The van der Waals surface area contributed by atoms with Gasteiger partial charge in [0.1, 0.15) is 17.4 Å². The summed E-state index contributed by atoms with van der Waals surface area (Å²) in [7, 11) is 0. The molecule has 4 aromatic rings. The van der Waals surface area contributed by atoms with E-state index < -0.39 is 0 Å². The second-order valence-corrected chi connectivity index (χ2v) is 9.39. The van der Waals surface area contributed by atoms with Crippen molar-refractivity contribution in [2.45, 2.75) is 25.7 Å². The van der Waals surface area contributed by atoms with Gasteiger partial charge in [0.25, 0.3) is 0 Å². The lowest BCUT2D eigenvalue weighted by Crippen LogP contribution is -2.47. The minimum Gasteiger partial charge on any atom is -0.469 e. The van der Waals surface area contributed by atoms with E-state index in [1.165, 1.54) is 5.56 Å². The molecule has 1 fully saturated rings. The third-order valence-corrected chi connectivity index (χ3v) is 6.92. The molecule has 1 unspecified atom stereocenters. The maximum absolute atomic E-state index is 13.4. The van der Waals surface area contributed by atoms with Crippen molar-refractivity contribution in [1.29, 1.82) is 0 Å². The Morgan fingerprint density at radius 1 is 0.917 bits per heavy atom. The summed E-state index contributed by atoms with van der Waals surface area (Å²) in [6.45, 7) is 5.25. The molecule has 8 heteroatoms. The number of benzene rings is 1. The number of carbonyl (C=O) groups excluding carboxylic acids is 1. The number of hydrogen-bond acceptors (Lipinski definition) is 8. The highest BCUT2D eigenvalue weighted by Crippen LogP contribution is 2.36. The van der Waals surface area contributed by atoms with E-state index in [0.29, 0.717) is 30.2 Å². The molecule has 0 saturated carbocycles. The fourth-order valence-corrected chi connectivity index (χ4v) is 4.97. The number of rotatable bonds is 5. The minimum atomic E-state index is -0.0176. The number of hydrogen-bond donors (Lipinski definition) is 1. The molecule has 3 aromatic heterocycles. The first kappa shape index (κ1) is 22.3. The number of Topliss-reactive ketones (excluding diaryl/α,β-unsaturated/α-hetero) is 1. The van der Waals surface area contributed by atoms with E-state index in [1.807, 2.05) is 60.8 Å². The predicted octanol–water partition coefficient (Wildman–Crippen LogP) is 4.76. The number of nitrogens with zero attached hydrogens (tertiary/aromatic N) is 5. The van der Waals surface area contributed by atoms with Gasteiger partial charge in [0, 0.05) is 56.8 Å². The van der Waals surface area contributed by atoms with Gasteiger partial charge in [0.15, 0.2) is 5.78 Å². The van der Waals surface area contributed by atoms with E-state index in [0.717, 1.165) is 49.1 Å². The van der Waals surface area contributed by atoms with E-state index in [2.05, 4.69) is 27.0 Å². The Balaban J connectivity index is 1.32. The fraction of sp³-hybridized carbons (Fsp3) is 0.286. The molecule has 2 aliphatic rings. The zero-order valence-corrected chi connectivity index (χ0v) is 20.2. The monoisotopic (exact) mass is 480 g/mol. The lowest BCUT2D eigenvalue weighted by Gasteiger charge is -2.36. The number of pyridine rings is 1. The van der Waals surface area contributed by atoms with Crippen LogP contribution in [0.15, 0.2) is 71.5 Å². The number of carbonyl (C=O) groups is 1.